The quantitative estimate of drug-likeness (QED) is 0.180. The van der Waals surface area contributed by atoms with Crippen molar-refractivity contribution in [1.29, 1.82) is 0 Å². The largest absolute Gasteiger partial charge is 1.00 e. The summed E-state index contributed by atoms with van der Waals surface area (Å²) in [5.74, 6) is -0.537. The van der Waals surface area contributed by atoms with Crippen molar-refractivity contribution >= 4 is 17.9 Å². The zero-order valence-corrected chi connectivity index (χ0v) is 11.0. The number of hydrogen-bond donors (Lipinski definition) is 2. The van der Waals surface area contributed by atoms with Crippen molar-refractivity contribution in [3.05, 3.63) is 31.0 Å². The van der Waals surface area contributed by atoms with Crippen LogP contribution in [0.15, 0.2) is 14.7 Å². The van der Waals surface area contributed by atoms with Crippen LogP contribution >= 0.6 is 0 Å². The molecule has 0 bridgehead atoms. The number of H-pyrrole nitrogens is 1. The van der Waals surface area contributed by atoms with Crippen LogP contribution in [0.2, 0.25) is 0 Å². The third kappa shape index (κ3) is 3.15. The van der Waals surface area contributed by atoms with Gasteiger partial charge in [0.05, 0.1) is 4.92 Å². The summed E-state index contributed by atoms with van der Waals surface area (Å²) in [7, 11) is 1.08. The molecule has 11 heteroatoms. The molecule has 86 valence electrons. The maximum atomic E-state index is 11.3. The van der Waals surface area contributed by atoms with Gasteiger partial charge in [-0.3, -0.25) is 29.9 Å². The fourth-order valence-corrected chi connectivity index (χ4v) is 0.949. The first-order valence-electron chi connectivity index (χ1n) is 3.86. The number of hydrazone groups is 1. The number of nitro groups is 1. The summed E-state index contributed by atoms with van der Waals surface area (Å²) in [6.45, 7) is 0. The summed E-state index contributed by atoms with van der Waals surface area (Å²) in [4.78, 5) is 34.0. The van der Waals surface area contributed by atoms with Gasteiger partial charge in [-0.25, -0.2) is 4.79 Å². The van der Waals surface area contributed by atoms with Crippen LogP contribution in [0.4, 0.5) is 11.5 Å². The minimum atomic E-state index is -1.10. The summed E-state index contributed by atoms with van der Waals surface area (Å²) >= 11 is 0. The predicted octanol–water partition coefficient (Wildman–Crippen LogP) is -5.30. The van der Waals surface area contributed by atoms with E-state index in [0.717, 1.165) is 7.05 Å². The van der Waals surface area contributed by atoms with E-state index in [-0.39, 0.29) is 36.0 Å². The molecule has 0 aliphatic rings. The molecule has 0 fully saturated rings. The van der Waals surface area contributed by atoms with Gasteiger partial charge in [-0.1, -0.05) is 0 Å². The number of anilines is 1. The second-order valence-electron chi connectivity index (χ2n) is 2.62. The van der Waals surface area contributed by atoms with Crippen molar-refractivity contribution in [1.82, 2.24) is 9.55 Å². The van der Waals surface area contributed by atoms with Gasteiger partial charge in [0.25, 0.3) is 0 Å². The normalized spacial score (nSPS) is 9.94. The molecule has 0 aromatic carbocycles. The number of nitrogens with one attached hydrogen (secondary N) is 2. The first-order chi connectivity index (χ1) is 7.49. The summed E-state index contributed by atoms with van der Waals surface area (Å²) < 4.78 is 0.532. The molecule has 2 N–H and O–H groups in total. The second-order valence-corrected chi connectivity index (χ2v) is 2.62. The van der Waals surface area contributed by atoms with Crippen molar-refractivity contribution < 1.29 is 39.6 Å². The maximum absolute atomic E-state index is 11.3. The van der Waals surface area contributed by atoms with Crippen LogP contribution in [0, 0.1) is 10.1 Å². The Balaban J connectivity index is 0.00000256. The van der Waals surface area contributed by atoms with E-state index in [1.807, 2.05) is 10.4 Å². The van der Waals surface area contributed by atoms with Gasteiger partial charge in [-0.05, 0) is 6.40 Å². The third-order valence-electron chi connectivity index (χ3n) is 1.69. The molecule has 1 heterocycles. The Bertz CT molecular complexity index is 561. The summed E-state index contributed by atoms with van der Waals surface area (Å²) in [6.07, 6.45) is 0.0690. The van der Waals surface area contributed by atoms with Gasteiger partial charge in [0.15, 0.2) is 0 Å². The zero-order valence-electron chi connectivity index (χ0n) is 8.96. The van der Waals surface area contributed by atoms with E-state index in [2.05, 4.69) is 5.10 Å². The Morgan fingerprint density at radius 3 is 2.59 bits per heavy atom. The van der Waals surface area contributed by atoms with E-state index in [0.29, 0.717) is 4.57 Å². The molecule has 0 amide bonds. The van der Waals surface area contributed by atoms with E-state index in [1.54, 1.807) is 0 Å². The molecule has 0 saturated carbocycles. The zero-order chi connectivity index (χ0) is 12.3. The molecule has 0 atom stereocenters. The fourth-order valence-electron chi connectivity index (χ4n) is 0.949. The average Bonchev–Trinajstić information content (AvgIpc) is 2.22. The Kier molecular flexibility index (Phi) is 5.58. The number of rotatable bonds is 3. The molecule has 1 aromatic heterocycles. The minimum absolute atomic E-state index is 0. The standard InChI is InChI=1S/C6H7N5O5.Na/c1-10-5(13)3(11(15)16)4(8-6(10)14)9-7-2-12;/h2,9H,1H3,(H,7,12)(H,8,14);/q;+1/p-1. The molecule has 0 saturated heterocycles. The van der Waals surface area contributed by atoms with E-state index in [1.165, 1.54) is 0 Å². The molecular formula is C6H6N5NaO5. The molecule has 17 heavy (non-hydrogen) atoms. The topological polar surface area (TPSA) is 145 Å². The predicted molar refractivity (Wildman–Crippen MR) is 51.1 cm³/mol. The number of nitrogens with zero attached hydrogens (tertiary/aromatic N) is 3. The van der Waals surface area contributed by atoms with Crippen molar-refractivity contribution in [3.8, 4) is 0 Å². The molecule has 10 nitrogen and oxygen atoms in total. The molecular weight excluding hydrogens is 245 g/mol. The summed E-state index contributed by atoms with van der Waals surface area (Å²) in [5.41, 5.74) is -0.958. The van der Waals surface area contributed by atoms with Crippen LogP contribution in [0.1, 0.15) is 0 Å². The van der Waals surface area contributed by atoms with Crippen molar-refractivity contribution in [3.63, 3.8) is 0 Å². The molecule has 0 aliphatic carbocycles. The fraction of sp³-hybridized carbons (Fsp3) is 0.167. The Morgan fingerprint density at radius 1 is 1.53 bits per heavy atom. The first kappa shape index (κ1) is 15.3. The van der Waals surface area contributed by atoms with Crippen LogP contribution in [-0.2, 0) is 7.05 Å². The monoisotopic (exact) mass is 251 g/mol. The average molecular weight is 251 g/mol. The van der Waals surface area contributed by atoms with Crippen molar-refractivity contribution in [2.45, 2.75) is 0 Å². The molecule has 0 radical (unpaired) electrons. The van der Waals surface area contributed by atoms with Gasteiger partial charge in [0.1, 0.15) is 0 Å². The van der Waals surface area contributed by atoms with E-state index < -0.39 is 27.7 Å². The smallest absolute Gasteiger partial charge is 0.863 e. The Labute approximate surface area is 115 Å². The Hall–Kier alpha value is -1.65. The van der Waals surface area contributed by atoms with Gasteiger partial charge in [-0.2, -0.15) is 5.10 Å². The van der Waals surface area contributed by atoms with Crippen molar-refractivity contribution in [2.75, 3.05) is 5.43 Å². The van der Waals surface area contributed by atoms with Crippen LogP contribution in [0.3, 0.4) is 0 Å². The Morgan fingerprint density at radius 2 is 2.12 bits per heavy atom. The molecule has 1 rings (SSSR count). The number of aromatic amines is 1. The third-order valence-corrected chi connectivity index (χ3v) is 1.69. The van der Waals surface area contributed by atoms with Crippen LogP contribution in [-0.4, -0.2) is 20.9 Å². The second kappa shape index (κ2) is 6.18. The number of hydrogen-bond acceptors (Lipinski definition) is 7. The van der Waals surface area contributed by atoms with Crippen LogP contribution in [0.25, 0.3) is 0 Å². The summed E-state index contributed by atoms with van der Waals surface area (Å²) in [6, 6.07) is 0. The molecule has 0 spiro atoms. The van der Waals surface area contributed by atoms with Gasteiger partial charge < -0.3 is 5.11 Å². The molecule has 0 aliphatic heterocycles. The van der Waals surface area contributed by atoms with Gasteiger partial charge in [0, 0.05) is 7.05 Å². The summed E-state index contributed by atoms with van der Waals surface area (Å²) in [5, 5.41) is 23.4. The van der Waals surface area contributed by atoms with Crippen molar-refractivity contribution in [2.24, 2.45) is 12.1 Å². The minimum Gasteiger partial charge on any atom is -0.863 e. The maximum Gasteiger partial charge on any atom is 1.00 e. The van der Waals surface area contributed by atoms with Crippen LogP contribution in [0.5, 0.6) is 0 Å². The van der Waals surface area contributed by atoms with E-state index >= 15 is 0 Å². The molecule has 0 unspecified atom stereocenters. The molecule has 1 aromatic rings. The van der Waals surface area contributed by atoms with E-state index in [9.17, 15) is 24.8 Å². The van der Waals surface area contributed by atoms with E-state index in [4.69, 9.17) is 0 Å². The first-order valence-corrected chi connectivity index (χ1v) is 3.86. The van der Waals surface area contributed by atoms with Gasteiger partial charge in [-0.15, -0.1) is 0 Å². The van der Waals surface area contributed by atoms with Crippen LogP contribution < -0.4 is 51.3 Å². The SMILES string of the molecule is Cn1c(=O)[nH]c(N/N=C/[O-])c([N+](=O)[O-])c1=O.[Na+]. The van der Waals surface area contributed by atoms with Gasteiger partial charge >= 0.3 is 46.5 Å². The van der Waals surface area contributed by atoms with Gasteiger partial charge in [0.2, 0.25) is 5.82 Å². The number of aromatic nitrogens is 2.